The summed E-state index contributed by atoms with van der Waals surface area (Å²) in [6, 6.07) is 11.1. The Morgan fingerprint density at radius 2 is 1.95 bits per heavy atom. The van der Waals surface area contributed by atoms with Crippen LogP contribution in [0.25, 0.3) is 10.8 Å². The van der Waals surface area contributed by atoms with Crippen molar-refractivity contribution in [2.45, 2.75) is 26.4 Å². The molecule has 0 aliphatic rings. The van der Waals surface area contributed by atoms with Crippen molar-refractivity contribution in [1.82, 2.24) is 5.32 Å². The minimum atomic E-state index is -0.536. The summed E-state index contributed by atoms with van der Waals surface area (Å²) in [6.45, 7) is 5.54. The van der Waals surface area contributed by atoms with Crippen LogP contribution in [0, 0.1) is 11.8 Å². The second kappa shape index (κ2) is 6.40. The highest BCUT2D eigenvalue weighted by Gasteiger charge is 2.15. The second-order valence-electron chi connectivity index (χ2n) is 5.84. The highest BCUT2D eigenvalue weighted by molar-refractivity contribution is 5.90. The standard InChI is InChI=1S/C18H19NO3/c1-18(2,3)22-17(21)19-12-6-9-15-14-8-5-4-7-13(14)10-11-16(15)20/h4-5,7-8,10-11,20H,12H2,1-3H3,(H,19,21). The van der Waals surface area contributed by atoms with E-state index in [1.54, 1.807) is 26.8 Å². The molecule has 0 unspecified atom stereocenters. The number of hydrogen-bond donors (Lipinski definition) is 2. The van der Waals surface area contributed by atoms with E-state index >= 15 is 0 Å². The zero-order valence-corrected chi connectivity index (χ0v) is 12.9. The number of rotatable bonds is 1. The monoisotopic (exact) mass is 297 g/mol. The molecule has 0 radical (unpaired) electrons. The zero-order chi connectivity index (χ0) is 16.2. The SMILES string of the molecule is CC(C)(C)OC(=O)NCC#Cc1c(O)ccc2ccccc12. The van der Waals surface area contributed by atoms with Crippen LogP contribution in [0.1, 0.15) is 26.3 Å². The number of alkyl carbamates (subject to hydrolysis) is 1. The van der Waals surface area contributed by atoms with Gasteiger partial charge in [-0.05, 0) is 32.2 Å². The molecule has 1 amide bonds. The van der Waals surface area contributed by atoms with E-state index in [0.29, 0.717) is 5.56 Å². The van der Waals surface area contributed by atoms with E-state index in [-0.39, 0.29) is 12.3 Å². The van der Waals surface area contributed by atoms with Gasteiger partial charge >= 0.3 is 6.09 Å². The molecule has 2 aromatic rings. The van der Waals surface area contributed by atoms with Crippen LogP contribution in [0.15, 0.2) is 36.4 Å². The van der Waals surface area contributed by atoms with Gasteiger partial charge in [0.2, 0.25) is 0 Å². The third-order valence-electron chi connectivity index (χ3n) is 2.84. The van der Waals surface area contributed by atoms with Crippen LogP contribution in [0.5, 0.6) is 5.75 Å². The largest absolute Gasteiger partial charge is 0.507 e. The summed E-state index contributed by atoms with van der Waals surface area (Å²) in [5.74, 6) is 5.86. The van der Waals surface area contributed by atoms with Crippen LogP contribution in [0.4, 0.5) is 4.79 Å². The first kappa shape index (κ1) is 15.7. The van der Waals surface area contributed by atoms with Gasteiger partial charge in [0.25, 0.3) is 0 Å². The van der Waals surface area contributed by atoms with E-state index in [0.717, 1.165) is 10.8 Å². The molecule has 0 bridgehead atoms. The fraction of sp³-hybridized carbons (Fsp3) is 0.278. The van der Waals surface area contributed by atoms with Crippen molar-refractivity contribution in [3.8, 4) is 17.6 Å². The first-order chi connectivity index (χ1) is 10.4. The molecule has 0 aliphatic carbocycles. The average Bonchev–Trinajstić information content (AvgIpc) is 2.43. The first-order valence-corrected chi connectivity index (χ1v) is 7.03. The van der Waals surface area contributed by atoms with Crippen LogP contribution in [-0.4, -0.2) is 23.3 Å². The van der Waals surface area contributed by atoms with Gasteiger partial charge in [0.05, 0.1) is 12.1 Å². The molecule has 22 heavy (non-hydrogen) atoms. The van der Waals surface area contributed by atoms with Gasteiger partial charge in [0.15, 0.2) is 0 Å². The number of carbonyl (C=O) groups excluding carboxylic acids is 1. The number of amides is 1. The molecule has 114 valence electrons. The maximum atomic E-state index is 11.5. The third kappa shape index (κ3) is 4.16. The fourth-order valence-corrected chi connectivity index (χ4v) is 1.95. The quantitative estimate of drug-likeness (QED) is 0.793. The summed E-state index contributed by atoms with van der Waals surface area (Å²) in [5.41, 5.74) is 0.0230. The summed E-state index contributed by atoms with van der Waals surface area (Å²) in [5, 5.41) is 14.4. The molecular weight excluding hydrogens is 278 g/mol. The number of nitrogens with one attached hydrogen (secondary N) is 1. The van der Waals surface area contributed by atoms with Crippen molar-refractivity contribution in [3.63, 3.8) is 0 Å². The number of hydrogen-bond acceptors (Lipinski definition) is 3. The van der Waals surface area contributed by atoms with Crippen LogP contribution in [0.3, 0.4) is 0 Å². The van der Waals surface area contributed by atoms with Crippen molar-refractivity contribution in [2.24, 2.45) is 0 Å². The molecule has 2 N–H and O–H groups in total. The molecule has 0 atom stereocenters. The molecule has 0 spiro atoms. The molecule has 4 heteroatoms. The van der Waals surface area contributed by atoms with Crippen LogP contribution < -0.4 is 5.32 Å². The molecule has 0 saturated carbocycles. The highest BCUT2D eigenvalue weighted by Crippen LogP contribution is 2.25. The normalized spacial score (nSPS) is 10.7. The Morgan fingerprint density at radius 3 is 2.68 bits per heavy atom. The molecule has 2 rings (SSSR count). The number of aromatic hydroxyl groups is 1. The number of phenols is 1. The Morgan fingerprint density at radius 1 is 1.23 bits per heavy atom. The van der Waals surface area contributed by atoms with Crippen molar-refractivity contribution < 1.29 is 14.6 Å². The molecule has 0 heterocycles. The van der Waals surface area contributed by atoms with Gasteiger partial charge in [0.1, 0.15) is 11.4 Å². The molecule has 0 aliphatic heterocycles. The minimum Gasteiger partial charge on any atom is -0.507 e. The Kier molecular flexibility index (Phi) is 4.57. The minimum absolute atomic E-state index is 0.128. The number of fused-ring (bicyclic) bond motifs is 1. The average molecular weight is 297 g/mol. The molecule has 0 saturated heterocycles. The second-order valence-corrected chi connectivity index (χ2v) is 5.84. The molecule has 0 aromatic heterocycles. The van der Waals surface area contributed by atoms with Crippen LogP contribution >= 0.6 is 0 Å². The number of ether oxygens (including phenoxy) is 1. The summed E-state index contributed by atoms with van der Waals surface area (Å²) < 4.78 is 5.12. The summed E-state index contributed by atoms with van der Waals surface area (Å²) in [7, 11) is 0. The molecule has 4 nitrogen and oxygen atoms in total. The number of phenolic OH excluding ortho intramolecular Hbond substituents is 1. The maximum absolute atomic E-state index is 11.5. The smallest absolute Gasteiger partial charge is 0.408 e. The van der Waals surface area contributed by atoms with Gasteiger partial charge in [-0.1, -0.05) is 42.2 Å². The van der Waals surface area contributed by atoms with Gasteiger partial charge in [-0.2, -0.15) is 0 Å². The Balaban J connectivity index is 2.09. The lowest BCUT2D eigenvalue weighted by molar-refractivity contribution is 0.0535. The maximum Gasteiger partial charge on any atom is 0.408 e. The third-order valence-corrected chi connectivity index (χ3v) is 2.84. The lowest BCUT2D eigenvalue weighted by Gasteiger charge is -2.19. The van der Waals surface area contributed by atoms with E-state index in [1.807, 2.05) is 30.3 Å². The van der Waals surface area contributed by atoms with Gasteiger partial charge in [-0.15, -0.1) is 0 Å². The summed E-state index contributed by atoms with van der Waals surface area (Å²) >= 11 is 0. The number of benzene rings is 2. The molecule has 2 aromatic carbocycles. The highest BCUT2D eigenvalue weighted by atomic mass is 16.6. The van der Waals surface area contributed by atoms with E-state index in [2.05, 4.69) is 17.2 Å². The van der Waals surface area contributed by atoms with Crippen LogP contribution in [-0.2, 0) is 4.74 Å². The number of carbonyl (C=O) groups is 1. The Bertz CT molecular complexity index is 748. The van der Waals surface area contributed by atoms with Crippen molar-refractivity contribution in [3.05, 3.63) is 42.0 Å². The zero-order valence-electron chi connectivity index (χ0n) is 12.9. The van der Waals surface area contributed by atoms with Crippen molar-refractivity contribution >= 4 is 16.9 Å². The fourth-order valence-electron chi connectivity index (χ4n) is 1.95. The van der Waals surface area contributed by atoms with Gasteiger partial charge < -0.3 is 15.2 Å². The van der Waals surface area contributed by atoms with E-state index in [4.69, 9.17) is 4.74 Å². The Hall–Kier alpha value is -2.67. The van der Waals surface area contributed by atoms with Gasteiger partial charge in [-0.25, -0.2) is 4.79 Å². The summed E-state index contributed by atoms with van der Waals surface area (Å²) in [4.78, 5) is 11.5. The van der Waals surface area contributed by atoms with Gasteiger partial charge in [-0.3, -0.25) is 0 Å². The van der Waals surface area contributed by atoms with Gasteiger partial charge in [0, 0.05) is 5.39 Å². The van der Waals surface area contributed by atoms with Crippen molar-refractivity contribution in [1.29, 1.82) is 0 Å². The molecule has 0 fully saturated rings. The lowest BCUT2D eigenvalue weighted by Crippen LogP contribution is -2.32. The predicted molar refractivity (Wildman–Crippen MR) is 86.7 cm³/mol. The van der Waals surface area contributed by atoms with Crippen molar-refractivity contribution in [2.75, 3.05) is 6.54 Å². The van der Waals surface area contributed by atoms with E-state index < -0.39 is 11.7 Å². The van der Waals surface area contributed by atoms with Crippen LogP contribution in [0.2, 0.25) is 0 Å². The predicted octanol–water partition coefficient (Wildman–Crippen LogP) is 3.42. The van der Waals surface area contributed by atoms with E-state index in [1.165, 1.54) is 0 Å². The first-order valence-electron chi connectivity index (χ1n) is 7.03. The van der Waals surface area contributed by atoms with E-state index in [9.17, 15) is 9.90 Å². The summed E-state index contributed by atoms with van der Waals surface area (Å²) in [6.07, 6.45) is -0.510. The lowest BCUT2D eigenvalue weighted by atomic mass is 10.0. The topological polar surface area (TPSA) is 58.6 Å². The Labute approximate surface area is 130 Å². The molecular formula is C18H19NO3.